The van der Waals surface area contributed by atoms with Gasteiger partial charge in [-0.3, -0.25) is 9.48 Å². The van der Waals surface area contributed by atoms with Crippen LogP contribution in [0.1, 0.15) is 33.0 Å². The average molecular weight is 225 g/mol. The highest BCUT2D eigenvalue weighted by Crippen LogP contribution is 2.16. The van der Waals surface area contributed by atoms with E-state index in [2.05, 4.69) is 17.0 Å². The highest BCUT2D eigenvalue weighted by molar-refractivity contribution is 5.69. The van der Waals surface area contributed by atoms with Gasteiger partial charge in [-0.15, -0.1) is 0 Å². The zero-order chi connectivity index (χ0) is 12.1. The van der Waals surface area contributed by atoms with Gasteiger partial charge in [0, 0.05) is 13.0 Å². The number of rotatable bonds is 6. The number of nitrogens with zero attached hydrogens (tertiary/aromatic N) is 3. The predicted molar refractivity (Wildman–Crippen MR) is 60.0 cm³/mol. The van der Waals surface area contributed by atoms with Gasteiger partial charge >= 0.3 is 5.97 Å². The van der Waals surface area contributed by atoms with Gasteiger partial charge in [0.2, 0.25) is 0 Å². The fourth-order valence-corrected chi connectivity index (χ4v) is 1.55. The smallest absolute Gasteiger partial charge is 0.306 e. The lowest BCUT2D eigenvalue weighted by atomic mass is 9.93. The molecule has 2 atom stereocenters. The first-order chi connectivity index (χ1) is 7.56. The van der Waals surface area contributed by atoms with Gasteiger partial charge in [-0.1, -0.05) is 20.8 Å². The molecule has 0 saturated heterocycles. The molecule has 1 rings (SSSR count). The van der Waals surface area contributed by atoms with E-state index in [-0.39, 0.29) is 11.8 Å². The van der Waals surface area contributed by atoms with Crippen molar-refractivity contribution >= 4 is 5.97 Å². The van der Waals surface area contributed by atoms with Crippen LogP contribution in [0.3, 0.4) is 0 Å². The third-order valence-electron chi connectivity index (χ3n) is 2.88. The number of carboxylic acids is 1. The Labute approximate surface area is 95.5 Å². The summed E-state index contributed by atoms with van der Waals surface area (Å²) in [5.74, 6) is -0.166. The minimum atomic E-state index is -0.756. The van der Waals surface area contributed by atoms with Crippen molar-refractivity contribution in [2.45, 2.75) is 40.2 Å². The fourth-order valence-electron chi connectivity index (χ4n) is 1.55. The van der Waals surface area contributed by atoms with Gasteiger partial charge in [0.25, 0.3) is 0 Å². The summed E-state index contributed by atoms with van der Waals surface area (Å²) in [5, 5.41) is 13.0. The molecule has 0 radical (unpaired) electrons. The normalized spacial score (nSPS) is 14.7. The van der Waals surface area contributed by atoms with E-state index in [9.17, 15) is 4.79 Å². The first-order valence-electron chi connectivity index (χ1n) is 5.65. The van der Waals surface area contributed by atoms with Crippen LogP contribution in [0.4, 0.5) is 0 Å². The van der Waals surface area contributed by atoms with E-state index in [0.717, 1.165) is 18.8 Å². The lowest BCUT2D eigenvalue weighted by molar-refractivity contribution is -0.142. The van der Waals surface area contributed by atoms with Gasteiger partial charge in [0.15, 0.2) is 0 Å². The Kier molecular flexibility index (Phi) is 4.46. The fraction of sp³-hybridized carbons (Fsp3) is 0.727. The van der Waals surface area contributed by atoms with E-state index in [1.807, 2.05) is 11.6 Å². The third-order valence-corrected chi connectivity index (χ3v) is 2.88. The summed E-state index contributed by atoms with van der Waals surface area (Å²) in [6, 6.07) is 0. The zero-order valence-electron chi connectivity index (χ0n) is 10.1. The Morgan fingerprint density at radius 3 is 2.81 bits per heavy atom. The molecule has 1 aromatic rings. The molecule has 0 saturated carbocycles. The Hall–Kier alpha value is -1.39. The van der Waals surface area contributed by atoms with Crippen LogP contribution in [0.2, 0.25) is 0 Å². The van der Waals surface area contributed by atoms with Gasteiger partial charge in [-0.2, -0.15) is 5.10 Å². The summed E-state index contributed by atoms with van der Waals surface area (Å²) in [5.41, 5.74) is 0. The Bertz CT molecular complexity index is 349. The van der Waals surface area contributed by atoms with E-state index < -0.39 is 5.97 Å². The quantitative estimate of drug-likeness (QED) is 0.798. The molecule has 0 aliphatic heterocycles. The first kappa shape index (κ1) is 12.7. The van der Waals surface area contributed by atoms with Crippen molar-refractivity contribution in [1.29, 1.82) is 0 Å². The monoisotopic (exact) mass is 225 g/mol. The number of carbonyl (C=O) groups is 1. The molecule has 1 heterocycles. The van der Waals surface area contributed by atoms with E-state index in [1.54, 1.807) is 6.92 Å². The van der Waals surface area contributed by atoms with Gasteiger partial charge in [0.1, 0.15) is 12.2 Å². The van der Waals surface area contributed by atoms with Crippen molar-refractivity contribution < 1.29 is 9.90 Å². The summed E-state index contributed by atoms with van der Waals surface area (Å²) in [6.07, 6.45) is 3.19. The highest BCUT2D eigenvalue weighted by Gasteiger charge is 2.21. The maximum Gasteiger partial charge on any atom is 0.306 e. The molecule has 5 nitrogen and oxygen atoms in total. The number of aromatic nitrogens is 3. The van der Waals surface area contributed by atoms with Crippen LogP contribution in [-0.2, 0) is 17.8 Å². The van der Waals surface area contributed by atoms with Crippen molar-refractivity contribution in [2.75, 3.05) is 0 Å². The summed E-state index contributed by atoms with van der Waals surface area (Å²) < 4.78 is 1.85. The molecule has 5 heteroatoms. The second kappa shape index (κ2) is 5.63. The maximum atomic E-state index is 10.8. The van der Waals surface area contributed by atoms with Crippen molar-refractivity contribution in [3.05, 3.63) is 12.2 Å². The molecule has 0 aromatic carbocycles. The van der Waals surface area contributed by atoms with Crippen LogP contribution < -0.4 is 0 Å². The number of hydrogen-bond donors (Lipinski definition) is 1. The molecule has 1 aromatic heterocycles. The molecular formula is C11H19N3O2. The predicted octanol–water partition coefficient (Wildman–Crippen LogP) is 1.59. The second-order valence-electron chi connectivity index (χ2n) is 4.21. The van der Waals surface area contributed by atoms with Crippen molar-refractivity contribution in [2.24, 2.45) is 11.8 Å². The molecule has 0 amide bonds. The number of carboxylic acid groups (broad SMARTS) is 1. The van der Waals surface area contributed by atoms with Crippen molar-refractivity contribution in [3.8, 4) is 0 Å². The first-order valence-corrected chi connectivity index (χ1v) is 5.65. The molecule has 0 bridgehead atoms. The minimum Gasteiger partial charge on any atom is -0.481 e. The third kappa shape index (κ3) is 3.05. The summed E-state index contributed by atoms with van der Waals surface area (Å²) in [7, 11) is 0. The average Bonchev–Trinajstić information content (AvgIpc) is 2.65. The largest absolute Gasteiger partial charge is 0.481 e. The van der Waals surface area contributed by atoms with Crippen LogP contribution in [0.5, 0.6) is 0 Å². The van der Waals surface area contributed by atoms with Crippen molar-refractivity contribution in [3.63, 3.8) is 0 Å². The van der Waals surface area contributed by atoms with Gasteiger partial charge < -0.3 is 5.11 Å². The molecule has 90 valence electrons. The van der Waals surface area contributed by atoms with Crippen LogP contribution >= 0.6 is 0 Å². The Morgan fingerprint density at radius 1 is 1.56 bits per heavy atom. The van der Waals surface area contributed by atoms with E-state index in [4.69, 9.17) is 5.11 Å². The maximum absolute atomic E-state index is 10.8. The minimum absolute atomic E-state index is 0.0670. The van der Waals surface area contributed by atoms with Crippen LogP contribution in [0, 0.1) is 11.8 Å². The molecule has 2 unspecified atom stereocenters. The Balaban J connectivity index is 2.65. The van der Waals surface area contributed by atoms with Gasteiger partial charge in [-0.25, -0.2) is 4.98 Å². The molecule has 0 aliphatic carbocycles. The van der Waals surface area contributed by atoms with E-state index in [1.165, 1.54) is 6.33 Å². The second-order valence-corrected chi connectivity index (χ2v) is 4.21. The van der Waals surface area contributed by atoms with E-state index >= 15 is 0 Å². The molecule has 0 aliphatic rings. The molecule has 1 N–H and O–H groups in total. The number of aryl methyl sites for hydroxylation is 1. The summed E-state index contributed by atoms with van der Waals surface area (Å²) >= 11 is 0. The van der Waals surface area contributed by atoms with Crippen LogP contribution in [0.15, 0.2) is 6.33 Å². The zero-order valence-corrected chi connectivity index (χ0v) is 10.1. The molecule has 16 heavy (non-hydrogen) atoms. The molecule has 0 spiro atoms. The number of hydrogen-bond acceptors (Lipinski definition) is 3. The van der Waals surface area contributed by atoms with Crippen LogP contribution in [-0.4, -0.2) is 25.8 Å². The topological polar surface area (TPSA) is 68.0 Å². The lowest BCUT2D eigenvalue weighted by Gasteiger charge is -2.15. The van der Waals surface area contributed by atoms with Crippen LogP contribution in [0.25, 0.3) is 0 Å². The van der Waals surface area contributed by atoms with Gasteiger partial charge in [0.05, 0.1) is 5.92 Å². The summed E-state index contributed by atoms with van der Waals surface area (Å²) in [6.45, 7) is 6.58. The number of aliphatic carboxylic acids is 1. The highest BCUT2D eigenvalue weighted by atomic mass is 16.4. The van der Waals surface area contributed by atoms with Gasteiger partial charge in [-0.05, 0) is 12.3 Å². The van der Waals surface area contributed by atoms with Crippen molar-refractivity contribution in [1.82, 2.24) is 14.8 Å². The van der Waals surface area contributed by atoms with E-state index in [0.29, 0.717) is 6.42 Å². The SMILES string of the molecule is CCCn1ncnc1CC(C)C(C)C(=O)O. The summed E-state index contributed by atoms with van der Waals surface area (Å²) in [4.78, 5) is 15.0. The standard InChI is InChI=1S/C11H19N3O2/c1-4-5-14-10(12-7-13-14)6-8(2)9(3)11(15)16/h7-9H,4-6H2,1-3H3,(H,15,16). The lowest BCUT2D eigenvalue weighted by Crippen LogP contribution is -2.21. The Morgan fingerprint density at radius 2 is 2.25 bits per heavy atom. The molecular weight excluding hydrogens is 206 g/mol. The molecule has 0 fully saturated rings.